The topological polar surface area (TPSA) is 34.4 Å². The molecule has 0 aliphatic rings. The number of carbonyl (C=O) groups is 1. The molecule has 2 rings (SSSR count). The first-order valence-electron chi connectivity index (χ1n) is 6.55. The Bertz CT molecular complexity index is 657. The Morgan fingerprint density at radius 3 is 2.55 bits per heavy atom. The van der Waals surface area contributed by atoms with E-state index < -0.39 is 0 Å². The summed E-state index contributed by atoms with van der Waals surface area (Å²) < 4.78 is 2.62. The summed E-state index contributed by atoms with van der Waals surface area (Å²) in [4.78, 5) is 16.9. The van der Waals surface area contributed by atoms with Crippen molar-refractivity contribution in [3.05, 3.63) is 64.2 Å². The van der Waals surface area contributed by atoms with Gasteiger partial charge in [-0.1, -0.05) is 34.1 Å². The summed E-state index contributed by atoms with van der Waals surface area (Å²) in [5.74, 6) is 0.0207. The van der Waals surface area contributed by atoms with Crippen molar-refractivity contribution in [3.8, 4) is 0 Å². The van der Waals surface area contributed by atoms with Crippen LogP contribution in [0.15, 0.2) is 58.1 Å². The molecule has 0 saturated heterocycles. The minimum atomic E-state index is 0.0207. The molecule has 20 heavy (non-hydrogen) atoms. The summed E-state index contributed by atoms with van der Waals surface area (Å²) in [6.07, 6.45) is 2.13. The van der Waals surface area contributed by atoms with E-state index in [0.717, 1.165) is 10.0 Å². The number of rotatable bonds is 3. The van der Waals surface area contributed by atoms with E-state index in [1.807, 2.05) is 56.3 Å². The highest BCUT2D eigenvalue weighted by molar-refractivity contribution is 9.10. The second-order valence-corrected chi connectivity index (χ2v) is 5.76. The Balaban J connectivity index is 2.28. The van der Waals surface area contributed by atoms with Crippen LogP contribution in [0.25, 0.3) is 0 Å². The maximum absolute atomic E-state index is 12.4. The molecule has 0 aliphatic heterocycles. The van der Waals surface area contributed by atoms with E-state index in [4.69, 9.17) is 0 Å². The van der Waals surface area contributed by atoms with Gasteiger partial charge < -0.3 is 0 Å². The van der Waals surface area contributed by atoms with Gasteiger partial charge in [0.25, 0.3) is 0 Å². The van der Waals surface area contributed by atoms with Gasteiger partial charge in [0.05, 0.1) is 6.42 Å². The first-order valence-corrected chi connectivity index (χ1v) is 7.35. The first-order chi connectivity index (χ1) is 9.56. The fraction of sp³-hybridized carbons (Fsp3) is 0.250. The SMILES string of the molecule is CC(C)N=c1ccccn1C(=O)Cc1ccc(Br)cc1. The van der Waals surface area contributed by atoms with Gasteiger partial charge in [0.1, 0.15) is 5.49 Å². The van der Waals surface area contributed by atoms with Crippen LogP contribution >= 0.6 is 15.9 Å². The van der Waals surface area contributed by atoms with Gasteiger partial charge >= 0.3 is 0 Å². The number of aromatic nitrogens is 1. The molecule has 2 aromatic rings. The van der Waals surface area contributed by atoms with Gasteiger partial charge in [-0.3, -0.25) is 14.4 Å². The minimum absolute atomic E-state index is 0.0207. The number of carbonyl (C=O) groups excluding carboxylic acids is 1. The third kappa shape index (κ3) is 3.90. The van der Waals surface area contributed by atoms with E-state index in [2.05, 4.69) is 20.9 Å². The van der Waals surface area contributed by atoms with Gasteiger partial charge in [-0.15, -0.1) is 0 Å². The van der Waals surface area contributed by atoms with Crippen molar-refractivity contribution < 1.29 is 4.79 Å². The van der Waals surface area contributed by atoms with E-state index in [1.165, 1.54) is 0 Å². The molecule has 0 N–H and O–H groups in total. The van der Waals surface area contributed by atoms with E-state index in [0.29, 0.717) is 11.9 Å². The third-order valence-corrected chi connectivity index (χ3v) is 3.29. The molecule has 1 aromatic heterocycles. The molecule has 0 aliphatic carbocycles. The molecule has 0 fully saturated rings. The molecular formula is C16H17BrN2O. The van der Waals surface area contributed by atoms with E-state index >= 15 is 0 Å². The maximum Gasteiger partial charge on any atom is 0.236 e. The quantitative estimate of drug-likeness (QED) is 0.847. The summed E-state index contributed by atoms with van der Waals surface area (Å²) in [6, 6.07) is 13.5. The maximum atomic E-state index is 12.4. The number of pyridine rings is 1. The Hall–Kier alpha value is -1.68. The van der Waals surface area contributed by atoms with E-state index in [-0.39, 0.29) is 11.9 Å². The molecule has 0 amide bonds. The van der Waals surface area contributed by atoms with Crippen molar-refractivity contribution in [2.24, 2.45) is 4.99 Å². The first kappa shape index (κ1) is 14.7. The number of halogens is 1. The van der Waals surface area contributed by atoms with Crippen molar-refractivity contribution in [3.63, 3.8) is 0 Å². The minimum Gasteiger partial charge on any atom is -0.274 e. The van der Waals surface area contributed by atoms with Crippen LogP contribution in [0.5, 0.6) is 0 Å². The number of benzene rings is 1. The smallest absolute Gasteiger partial charge is 0.236 e. The second-order valence-electron chi connectivity index (χ2n) is 4.85. The van der Waals surface area contributed by atoms with Crippen molar-refractivity contribution in [2.75, 3.05) is 0 Å². The van der Waals surface area contributed by atoms with Crippen LogP contribution in [-0.4, -0.2) is 16.5 Å². The van der Waals surface area contributed by atoms with Crippen molar-refractivity contribution in [2.45, 2.75) is 26.3 Å². The second kappa shape index (κ2) is 6.66. The molecular weight excluding hydrogens is 316 g/mol. The van der Waals surface area contributed by atoms with Gasteiger partial charge in [0.15, 0.2) is 0 Å². The lowest BCUT2D eigenvalue weighted by atomic mass is 10.1. The largest absolute Gasteiger partial charge is 0.274 e. The summed E-state index contributed by atoms with van der Waals surface area (Å²) in [5, 5.41) is 0. The summed E-state index contributed by atoms with van der Waals surface area (Å²) in [5.41, 5.74) is 1.69. The van der Waals surface area contributed by atoms with Gasteiger partial charge in [-0.25, -0.2) is 0 Å². The average molecular weight is 333 g/mol. The van der Waals surface area contributed by atoms with Crippen molar-refractivity contribution in [1.29, 1.82) is 0 Å². The molecule has 0 saturated carbocycles. The molecule has 4 heteroatoms. The molecule has 0 spiro atoms. The fourth-order valence-electron chi connectivity index (χ4n) is 1.88. The van der Waals surface area contributed by atoms with Gasteiger partial charge in [-0.2, -0.15) is 0 Å². The average Bonchev–Trinajstić information content (AvgIpc) is 2.41. The van der Waals surface area contributed by atoms with E-state index in [9.17, 15) is 4.79 Å². The highest BCUT2D eigenvalue weighted by Gasteiger charge is 2.07. The van der Waals surface area contributed by atoms with Crippen LogP contribution in [0.4, 0.5) is 0 Å². The van der Waals surface area contributed by atoms with Crippen molar-refractivity contribution in [1.82, 2.24) is 4.57 Å². The van der Waals surface area contributed by atoms with Crippen LogP contribution in [0, 0.1) is 0 Å². The predicted molar refractivity (Wildman–Crippen MR) is 83.6 cm³/mol. The molecule has 0 bridgehead atoms. The van der Waals surface area contributed by atoms with Crippen LogP contribution in [0.1, 0.15) is 24.2 Å². The molecule has 0 radical (unpaired) electrons. The summed E-state index contributed by atoms with van der Waals surface area (Å²) in [6.45, 7) is 3.99. The van der Waals surface area contributed by atoms with Gasteiger partial charge in [0.2, 0.25) is 5.91 Å². The van der Waals surface area contributed by atoms with Crippen molar-refractivity contribution >= 4 is 21.8 Å². The lowest BCUT2D eigenvalue weighted by Gasteiger charge is -2.07. The lowest BCUT2D eigenvalue weighted by molar-refractivity contribution is 0.0908. The van der Waals surface area contributed by atoms with Gasteiger partial charge in [-0.05, 0) is 43.7 Å². The lowest BCUT2D eigenvalue weighted by Crippen LogP contribution is -2.28. The molecule has 0 atom stereocenters. The fourth-order valence-corrected chi connectivity index (χ4v) is 2.14. The summed E-state index contributed by atoms with van der Waals surface area (Å²) in [7, 11) is 0. The van der Waals surface area contributed by atoms with Crippen LogP contribution < -0.4 is 5.49 Å². The third-order valence-electron chi connectivity index (χ3n) is 2.77. The monoisotopic (exact) mass is 332 g/mol. The van der Waals surface area contributed by atoms with Gasteiger partial charge in [0, 0.05) is 16.7 Å². The highest BCUT2D eigenvalue weighted by atomic mass is 79.9. The number of hydrogen-bond donors (Lipinski definition) is 0. The zero-order chi connectivity index (χ0) is 14.5. The number of nitrogens with zero attached hydrogens (tertiary/aromatic N) is 2. The van der Waals surface area contributed by atoms with Crippen LogP contribution in [-0.2, 0) is 6.42 Å². The molecule has 3 nitrogen and oxygen atoms in total. The Morgan fingerprint density at radius 1 is 1.20 bits per heavy atom. The Labute approximate surface area is 127 Å². The Kier molecular flexibility index (Phi) is 4.90. The highest BCUT2D eigenvalue weighted by Crippen LogP contribution is 2.11. The zero-order valence-corrected chi connectivity index (χ0v) is 13.2. The van der Waals surface area contributed by atoms with E-state index in [1.54, 1.807) is 10.8 Å². The standard InChI is InChI=1S/C16H17BrN2O/c1-12(2)18-15-5-3-4-10-19(15)16(20)11-13-6-8-14(17)9-7-13/h3-10,12H,11H2,1-2H3. The predicted octanol–water partition coefficient (Wildman–Crippen LogP) is 3.44. The zero-order valence-electron chi connectivity index (χ0n) is 11.6. The van der Waals surface area contributed by atoms with Crippen LogP contribution in [0.3, 0.4) is 0 Å². The number of hydrogen-bond acceptors (Lipinski definition) is 2. The Morgan fingerprint density at radius 2 is 1.90 bits per heavy atom. The van der Waals surface area contributed by atoms with Crippen LogP contribution in [0.2, 0.25) is 0 Å². The summed E-state index contributed by atoms with van der Waals surface area (Å²) >= 11 is 3.39. The molecule has 104 valence electrons. The molecule has 1 heterocycles. The molecule has 0 unspecified atom stereocenters. The molecule has 1 aromatic carbocycles. The normalized spacial score (nSPS) is 11.9.